The minimum atomic E-state index is 0.868. The quantitative estimate of drug-likeness (QED) is 0.545. The van der Waals surface area contributed by atoms with E-state index in [0.717, 1.165) is 18.4 Å². The maximum Gasteiger partial charge on any atom is 0.213 e. The monoisotopic (exact) mass is 288 g/mol. The van der Waals surface area contributed by atoms with E-state index in [1.165, 1.54) is 56.2 Å². The van der Waals surface area contributed by atoms with Gasteiger partial charge in [0.1, 0.15) is 0 Å². The third kappa shape index (κ3) is 1.42. The number of benzene rings is 1. The van der Waals surface area contributed by atoms with Gasteiger partial charge in [-0.2, -0.15) is 4.57 Å². The number of hydrogen-bond acceptors (Lipinski definition) is 0. The van der Waals surface area contributed by atoms with Crippen molar-refractivity contribution in [1.29, 1.82) is 0 Å². The summed E-state index contributed by atoms with van der Waals surface area (Å²) in [5, 5.41) is 0. The van der Waals surface area contributed by atoms with Gasteiger partial charge in [0.2, 0.25) is 5.69 Å². The average Bonchev–Trinajstić information content (AvgIpc) is 3.23. The second kappa shape index (κ2) is 4.01. The van der Waals surface area contributed by atoms with Crippen LogP contribution in [0.4, 0.5) is 0 Å². The van der Waals surface area contributed by atoms with Crippen molar-refractivity contribution in [3.05, 3.63) is 52.2 Å². The van der Waals surface area contributed by atoms with Crippen molar-refractivity contribution in [1.82, 2.24) is 0 Å². The Hall–Kier alpha value is -1.63. The lowest BCUT2D eigenvalue weighted by Gasteiger charge is -2.16. The molecule has 1 aliphatic heterocycles. The lowest BCUT2D eigenvalue weighted by Crippen LogP contribution is -2.33. The standard InChI is InChI=1S/C21H22N/c1-2-4-14-9-19-17(7-13(14)3-1)11-22-12-20-16-6-5-15(8-16)18(20)10-21(19)22/h7,9-10,12,15-16H,1-6,8,11H2/q+1. The molecule has 6 rings (SSSR count). The predicted octanol–water partition coefficient (Wildman–Crippen LogP) is 4.25. The predicted molar refractivity (Wildman–Crippen MR) is 87.2 cm³/mol. The van der Waals surface area contributed by atoms with E-state index in [4.69, 9.17) is 0 Å². The van der Waals surface area contributed by atoms with E-state index in [1.54, 1.807) is 27.8 Å². The van der Waals surface area contributed by atoms with Crippen LogP contribution in [0.1, 0.15) is 71.8 Å². The van der Waals surface area contributed by atoms with Gasteiger partial charge in [0.15, 0.2) is 12.7 Å². The van der Waals surface area contributed by atoms with Crippen molar-refractivity contribution in [2.75, 3.05) is 0 Å². The Bertz CT molecular complexity index is 817. The second-order valence-corrected chi connectivity index (χ2v) is 7.89. The van der Waals surface area contributed by atoms with Crippen molar-refractivity contribution in [3.8, 4) is 11.3 Å². The first kappa shape index (κ1) is 11.9. The zero-order valence-corrected chi connectivity index (χ0v) is 13.1. The molecule has 2 aromatic rings. The summed E-state index contributed by atoms with van der Waals surface area (Å²) in [5.74, 6) is 1.74. The first-order valence-electron chi connectivity index (χ1n) is 9.09. The summed E-state index contributed by atoms with van der Waals surface area (Å²) in [5.41, 5.74) is 11.2. The molecule has 2 bridgehead atoms. The molecule has 1 aromatic carbocycles. The van der Waals surface area contributed by atoms with E-state index in [-0.39, 0.29) is 0 Å². The maximum absolute atomic E-state index is 2.56. The van der Waals surface area contributed by atoms with Crippen LogP contribution in [0, 0.1) is 0 Å². The molecule has 22 heavy (non-hydrogen) atoms. The van der Waals surface area contributed by atoms with E-state index in [2.05, 4.69) is 29.0 Å². The number of hydrogen-bond donors (Lipinski definition) is 0. The minimum Gasteiger partial charge on any atom is -0.194 e. The molecule has 0 radical (unpaired) electrons. The van der Waals surface area contributed by atoms with Gasteiger partial charge < -0.3 is 0 Å². The number of fused-ring (bicyclic) bond motifs is 9. The molecule has 0 amide bonds. The third-order valence-corrected chi connectivity index (χ3v) is 6.73. The van der Waals surface area contributed by atoms with Gasteiger partial charge in [-0.25, -0.2) is 0 Å². The van der Waals surface area contributed by atoms with E-state index >= 15 is 0 Å². The Morgan fingerprint density at radius 1 is 0.818 bits per heavy atom. The first-order valence-corrected chi connectivity index (χ1v) is 9.09. The highest BCUT2D eigenvalue weighted by atomic mass is 15.0. The van der Waals surface area contributed by atoms with Gasteiger partial charge in [0.25, 0.3) is 0 Å². The fourth-order valence-corrected chi connectivity index (χ4v) is 5.62. The molecule has 4 aliphatic rings. The zero-order chi connectivity index (χ0) is 14.3. The first-order chi connectivity index (χ1) is 10.9. The maximum atomic E-state index is 2.56. The molecule has 1 aromatic heterocycles. The minimum absolute atomic E-state index is 0.868. The fraction of sp³-hybridized carbons (Fsp3) is 0.476. The topological polar surface area (TPSA) is 3.88 Å². The summed E-state index contributed by atoms with van der Waals surface area (Å²) in [6.07, 6.45) is 12.1. The summed E-state index contributed by atoms with van der Waals surface area (Å²) >= 11 is 0. The molecule has 1 fully saturated rings. The van der Waals surface area contributed by atoms with Gasteiger partial charge in [-0.15, -0.1) is 0 Å². The summed E-state index contributed by atoms with van der Waals surface area (Å²) in [6, 6.07) is 7.61. The van der Waals surface area contributed by atoms with Crippen LogP contribution in [-0.4, -0.2) is 0 Å². The Kier molecular flexibility index (Phi) is 2.16. The van der Waals surface area contributed by atoms with E-state index < -0.39 is 0 Å². The molecule has 1 saturated carbocycles. The van der Waals surface area contributed by atoms with Crippen molar-refractivity contribution < 1.29 is 4.57 Å². The van der Waals surface area contributed by atoms with E-state index in [0.29, 0.717) is 0 Å². The number of aryl methyl sites for hydroxylation is 2. The number of rotatable bonds is 0. The Morgan fingerprint density at radius 3 is 2.45 bits per heavy atom. The van der Waals surface area contributed by atoms with Crippen LogP contribution in [0.5, 0.6) is 0 Å². The van der Waals surface area contributed by atoms with Gasteiger partial charge in [0.05, 0.1) is 5.56 Å². The lowest BCUT2D eigenvalue weighted by molar-refractivity contribution is -0.672. The van der Waals surface area contributed by atoms with Gasteiger partial charge in [-0.05, 0) is 85.6 Å². The molecule has 110 valence electrons. The van der Waals surface area contributed by atoms with E-state index in [9.17, 15) is 0 Å². The molecular weight excluding hydrogens is 266 g/mol. The highest BCUT2D eigenvalue weighted by Gasteiger charge is 2.41. The zero-order valence-electron chi connectivity index (χ0n) is 13.1. The molecular formula is C21H22N+. The van der Waals surface area contributed by atoms with Gasteiger partial charge in [-0.3, -0.25) is 0 Å². The number of nitrogens with zero attached hydrogens (tertiary/aromatic N) is 1. The average molecular weight is 288 g/mol. The van der Waals surface area contributed by atoms with Crippen LogP contribution in [0.2, 0.25) is 0 Å². The fourth-order valence-electron chi connectivity index (χ4n) is 5.62. The smallest absolute Gasteiger partial charge is 0.194 e. The van der Waals surface area contributed by atoms with Crippen LogP contribution in [0.25, 0.3) is 11.3 Å². The molecule has 0 N–H and O–H groups in total. The van der Waals surface area contributed by atoms with Crippen LogP contribution in [-0.2, 0) is 19.4 Å². The highest BCUT2D eigenvalue weighted by Crippen LogP contribution is 2.53. The Morgan fingerprint density at radius 2 is 1.59 bits per heavy atom. The molecule has 1 nitrogen and oxygen atoms in total. The SMILES string of the molecule is c1c2c(cc3c1C[n+]1cc4c(cc1-3)C1CCC4C1)CCCC2. The summed E-state index contributed by atoms with van der Waals surface area (Å²) in [6.45, 7) is 1.10. The van der Waals surface area contributed by atoms with Crippen molar-refractivity contribution in [3.63, 3.8) is 0 Å². The Balaban J connectivity index is 1.55. The van der Waals surface area contributed by atoms with Gasteiger partial charge >= 0.3 is 0 Å². The summed E-state index contributed by atoms with van der Waals surface area (Å²) in [7, 11) is 0. The van der Waals surface area contributed by atoms with Crippen molar-refractivity contribution in [2.45, 2.75) is 63.3 Å². The third-order valence-electron chi connectivity index (χ3n) is 6.73. The molecule has 0 saturated heterocycles. The van der Waals surface area contributed by atoms with Crippen LogP contribution >= 0.6 is 0 Å². The normalized spacial score (nSPS) is 26.5. The van der Waals surface area contributed by atoms with Crippen molar-refractivity contribution in [2.24, 2.45) is 0 Å². The summed E-state index contributed by atoms with van der Waals surface area (Å²) in [4.78, 5) is 0. The number of pyridine rings is 1. The van der Waals surface area contributed by atoms with Gasteiger partial charge in [0, 0.05) is 17.2 Å². The van der Waals surface area contributed by atoms with Crippen LogP contribution in [0.15, 0.2) is 24.4 Å². The molecule has 0 spiro atoms. The lowest BCUT2D eigenvalue weighted by atomic mass is 9.87. The Labute approximate surface area is 132 Å². The highest BCUT2D eigenvalue weighted by molar-refractivity contribution is 5.67. The van der Waals surface area contributed by atoms with Crippen molar-refractivity contribution >= 4 is 0 Å². The molecule has 2 atom stereocenters. The summed E-state index contributed by atoms with van der Waals surface area (Å²) < 4.78 is 2.54. The van der Waals surface area contributed by atoms with Crippen LogP contribution in [0.3, 0.4) is 0 Å². The molecule has 2 heterocycles. The van der Waals surface area contributed by atoms with E-state index in [1.807, 2.05) is 0 Å². The van der Waals surface area contributed by atoms with Gasteiger partial charge in [-0.1, -0.05) is 0 Å². The second-order valence-electron chi connectivity index (χ2n) is 7.89. The molecule has 2 unspecified atom stereocenters. The number of aromatic nitrogens is 1. The molecule has 3 aliphatic carbocycles. The molecule has 1 heteroatoms. The largest absolute Gasteiger partial charge is 0.213 e. The van der Waals surface area contributed by atoms with Crippen LogP contribution < -0.4 is 4.57 Å².